The number of aromatic nitrogens is 1. The van der Waals surface area contributed by atoms with Crippen LogP contribution in [0.1, 0.15) is 11.5 Å². The Hall–Kier alpha value is -0.870. The fourth-order valence-corrected chi connectivity index (χ4v) is 0.578. The Kier molecular flexibility index (Phi) is 1.81. The third-order valence-electron chi connectivity index (χ3n) is 0.930. The molecule has 4 nitrogen and oxygen atoms in total. The molecule has 9 heavy (non-hydrogen) atoms. The lowest BCUT2D eigenvalue weighted by Crippen LogP contribution is -2.04. The summed E-state index contributed by atoms with van der Waals surface area (Å²) in [6.45, 7) is 2.13. The van der Waals surface area contributed by atoms with Crippen LogP contribution in [0.15, 0.2) is 10.6 Å². The number of hydroxylamine groups is 1. The first kappa shape index (κ1) is 6.25. The van der Waals surface area contributed by atoms with E-state index in [1.165, 1.54) is 0 Å². The average Bonchev–Trinajstić information content (AvgIpc) is 2.17. The van der Waals surface area contributed by atoms with Gasteiger partial charge in [-0.2, -0.15) is 5.48 Å². The van der Waals surface area contributed by atoms with E-state index in [-0.39, 0.29) is 0 Å². The van der Waals surface area contributed by atoms with Crippen LogP contribution in [0.2, 0.25) is 0 Å². The molecule has 0 radical (unpaired) electrons. The second kappa shape index (κ2) is 2.61. The number of aryl methyl sites for hydroxylation is 1. The zero-order chi connectivity index (χ0) is 6.69. The van der Waals surface area contributed by atoms with Gasteiger partial charge in [0.05, 0.1) is 12.2 Å². The Morgan fingerprint density at radius 1 is 1.89 bits per heavy atom. The van der Waals surface area contributed by atoms with Gasteiger partial charge in [-0.3, -0.25) is 0 Å². The van der Waals surface area contributed by atoms with Crippen molar-refractivity contribution in [3.8, 4) is 0 Å². The van der Waals surface area contributed by atoms with Crippen LogP contribution in [-0.2, 0) is 6.54 Å². The van der Waals surface area contributed by atoms with Crippen molar-refractivity contribution in [2.45, 2.75) is 13.5 Å². The standard InChI is InChI=1S/C5H8N2O2/c1-4-2-5(3-6-8)9-7-4/h2,6,8H,3H2,1H3. The molecule has 0 unspecified atom stereocenters. The molecule has 1 heterocycles. The predicted octanol–water partition coefficient (Wildman–Crippen LogP) is 0.462. The van der Waals surface area contributed by atoms with Crippen LogP contribution in [-0.4, -0.2) is 10.4 Å². The third kappa shape index (κ3) is 1.51. The monoisotopic (exact) mass is 128 g/mol. The molecule has 4 heteroatoms. The molecule has 0 aliphatic carbocycles. The highest BCUT2D eigenvalue weighted by Crippen LogP contribution is 1.99. The van der Waals surface area contributed by atoms with Gasteiger partial charge in [0.2, 0.25) is 0 Å². The van der Waals surface area contributed by atoms with Crippen molar-refractivity contribution in [3.63, 3.8) is 0 Å². The number of nitrogens with zero attached hydrogens (tertiary/aromatic N) is 1. The molecule has 0 saturated carbocycles. The number of nitrogens with one attached hydrogen (secondary N) is 1. The first-order valence-corrected chi connectivity index (χ1v) is 2.62. The first-order chi connectivity index (χ1) is 4.33. The highest BCUT2D eigenvalue weighted by molar-refractivity contribution is 5.01. The van der Waals surface area contributed by atoms with E-state index in [9.17, 15) is 0 Å². The normalized spacial score (nSPS) is 10.0. The van der Waals surface area contributed by atoms with Gasteiger partial charge in [0.25, 0.3) is 0 Å². The molecule has 1 aromatic heterocycles. The van der Waals surface area contributed by atoms with Gasteiger partial charge in [0.15, 0.2) is 5.76 Å². The Morgan fingerprint density at radius 2 is 2.67 bits per heavy atom. The summed E-state index contributed by atoms with van der Waals surface area (Å²) in [4.78, 5) is 0. The molecule has 0 bridgehead atoms. The Bertz CT molecular complexity index is 185. The molecule has 0 fully saturated rings. The topological polar surface area (TPSA) is 58.3 Å². The van der Waals surface area contributed by atoms with Gasteiger partial charge >= 0.3 is 0 Å². The van der Waals surface area contributed by atoms with E-state index < -0.39 is 0 Å². The van der Waals surface area contributed by atoms with E-state index in [2.05, 4.69) is 5.16 Å². The molecule has 0 atom stereocenters. The Morgan fingerprint density at radius 3 is 3.11 bits per heavy atom. The summed E-state index contributed by atoms with van der Waals surface area (Å²) in [6.07, 6.45) is 0. The minimum atomic E-state index is 0.306. The van der Waals surface area contributed by atoms with E-state index in [4.69, 9.17) is 9.73 Å². The lowest BCUT2D eigenvalue weighted by atomic mass is 10.4. The number of rotatable bonds is 2. The summed E-state index contributed by atoms with van der Waals surface area (Å²) >= 11 is 0. The minimum Gasteiger partial charge on any atom is -0.360 e. The van der Waals surface area contributed by atoms with Crippen LogP contribution in [0.25, 0.3) is 0 Å². The second-order valence-corrected chi connectivity index (χ2v) is 1.77. The highest BCUT2D eigenvalue weighted by atomic mass is 16.5. The lowest BCUT2D eigenvalue weighted by Gasteiger charge is -1.86. The van der Waals surface area contributed by atoms with Crippen LogP contribution >= 0.6 is 0 Å². The van der Waals surface area contributed by atoms with E-state index in [1.807, 2.05) is 12.4 Å². The van der Waals surface area contributed by atoms with E-state index >= 15 is 0 Å². The van der Waals surface area contributed by atoms with E-state index in [1.54, 1.807) is 6.07 Å². The Balaban J connectivity index is 2.61. The molecule has 0 aliphatic heterocycles. The maximum Gasteiger partial charge on any atom is 0.153 e. The van der Waals surface area contributed by atoms with Gasteiger partial charge in [0.1, 0.15) is 0 Å². The molecule has 0 amide bonds. The quantitative estimate of drug-likeness (QED) is 0.568. The fraction of sp³-hybridized carbons (Fsp3) is 0.400. The molecule has 2 N–H and O–H groups in total. The third-order valence-corrected chi connectivity index (χ3v) is 0.930. The van der Waals surface area contributed by atoms with Crippen LogP contribution in [0.5, 0.6) is 0 Å². The lowest BCUT2D eigenvalue weighted by molar-refractivity contribution is 0.150. The summed E-state index contributed by atoms with van der Waals surface area (Å²) in [5, 5.41) is 11.8. The molecular weight excluding hydrogens is 120 g/mol. The molecule has 0 aromatic carbocycles. The molecule has 0 aliphatic rings. The predicted molar refractivity (Wildman–Crippen MR) is 29.9 cm³/mol. The Labute approximate surface area is 52.4 Å². The summed E-state index contributed by atoms with van der Waals surface area (Å²) in [6, 6.07) is 1.75. The number of hydrogen-bond donors (Lipinski definition) is 2. The summed E-state index contributed by atoms with van der Waals surface area (Å²) < 4.78 is 4.73. The van der Waals surface area contributed by atoms with Crippen LogP contribution < -0.4 is 5.48 Å². The number of hydrogen-bond acceptors (Lipinski definition) is 4. The van der Waals surface area contributed by atoms with E-state index in [0.29, 0.717) is 12.3 Å². The SMILES string of the molecule is Cc1cc(CNO)on1. The van der Waals surface area contributed by atoms with Crippen LogP contribution in [0.3, 0.4) is 0 Å². The zero-order valence-electron chi connectivity index (χ0n) is 5.09. The van der Waals surface area contributed by atoms with Crippen molar-refractivity contribution in [2.24, 2.45) is 0 Å². The van der Waals surface area contributed by atoms with Gasteiger partial charge in [-0.05, 0) is 6.92 Å². The maximum atomic E-state index is 8.19. The molecular formula is C5H8N2O2. The molecule has 0 saturated heterocycles. The van der Waals surface area contributed by atoms with Crippen molar-refractivity contribution in [1.82, 2.24) is 10.6 Å². The first-order valence-electron chi connectivity index (χ1n) is 2.62. The van der Waals surface area contributed by atoms with Crippen molar-refractivity contribution in [1.29, 1.82) is 0 Å². The van der Waals surface area contributed by atoms with Crippen LogP contribution in [0, 0.1) is 6.92 Å². The smallest absolute Gasteiger partial charge is 0.153 e. The van der Waals surface area contributed by atoms with Gasteiger partial charge < -0.3 is 9.73 Å². The zero-order valence-corrected chi connectivity index (χ0v) is 5.09. The van der Waals surface area contributed by atoms with Gasteiger partial charge in [0, 0.05) is 6.07 Å². The molecule has 1 aromatic rings. The molecule has 1 rings (SSSR count). The molecule has 0 spiro atoms. The summed E-state index contributed by atoms with van der Waals surface area (Å²) in [7, 11) is 0. The maximum absolute atomic E-state index is 8.19. The second-order valence-electron chi connectivity index (χ2n) is 1.77. The van der Waals surface area contributed by atoms with Crippen molar-refractivity contribution < 1.29 is 9.73 Å². The van der Waals surface area contributed by atoms with Crippen molar-refractivity contribution >= 4 is 0 Å². The largest absolute Gasteiger partial charge is 0.360 e. The summed E-state index contributed by atoms with van der Waals surface area (Å²) in [5.41, 5.74) is 2.78. The van der Waals surface area contributed by atoms with Gasteiger partial charge in [-0.1, -0.05) is 5.16 Å². The van der Waals surface area contributed by atoms with E-state index in [0.717, 1.165) is 5.69 Å². The van der Waals surface area contributed by atoms with Crippen molar-refractivity contribution in [2.75, 3.05) is 0 Å². The van der Waals surface area contributed by atoms with Crippen molar-refractivity contribution in [3.05, 3.63) is 17.5 Å². The summed E-state index contributed by atoms with van der Waals surface area (Å²) in [5.74, 6) is 0.634. The molecule has 50 valence electrons. The van der Waals surface area contributed by atoms with Crippen LogP contribution in [0.4, 0.5) is 0 Å². The highest BCUT2D eigenvalue weighted by Gasteiger charge is 1.96. The fourth-order valence-electron chi connectivity index (χ4n) is 0.578. The van der Waals surface area contributed by atoms with Gasteiger partial charge in [-0.15, -0.1) is 0 Å². The minimum absolute atomic E-state index is 0.306. The average molecular weight is 128 g/mol. The van der Waals surface area contributed by atoms with Gasteiger partial charge in [-0.25, -0.2) is 0 Å².